The number of amides is 3. The lowest BCUT2D eigenvalue weighted by molar-refractivity contribution is 0.1000. The standard InChI is InChI=1S/C16H23N3O2/c1-12-11-13(15(17)20)7-8-14(12)18-16(21)19-9-5-3-2-4-6-10-19/h7-8,11H,2-6,9-10H2,1H3,(H2,17,20)(H,18,21). The van der Waals surface area contributed by atoms with Gasteiger partial charge in [0.05, 0.1) is 0 Å². The van der Waals surface area contributed by atoms with Crippen molar-refractivity contribution in [1.82, 2.24) is 4.90 Å². The number of aryl methyl sites for hydroxylation is 1. The number of anilines is 1. The van der Waals surface area contributed by atoms with E-state index in [9.17, 15) is 9.59 Å². The van der Waals surface area contributed by atoms with Crippen molar-refractivity contribution in [2.45, 2.75) is 39.0 Å². The Kier molecular flexibility index (Phi) is 5.20. The normalized spacial score (nSPS) is 16.0. The summed E-state index contributed by atoms with van der Waals surface area (Å²) in [6, 6.07) is 5.01. The molecule has 1 fully saturated rings. The molecular formula is C16H23N3O2. The third-order valence-electron chi connectivity index (χ3n) is 3.90. The summed E-state index contributed by atoms with van der Waals surface area (Å²) in [7, 11) is 0. The highest BCUT2D eigenvalue weighted by Gasteiger charge is 2.15. The van der Waals surface area contributed by atoms with Gasteiger partial charge in [-0.25, -0.2) is 4.79 Å². The van der Waals surface area contributed by atoms with Gasteiger partial charge in [-0.2, -0.15) is 0 Å². The van der Waals surface area contributed by atoms with E-state index in [-0.39, 0.29) is 6.03 Å². The van der Waals surface area contributed by atoms with Crippen LogP contribution in [0.3, 0.4) is 0 Å². The number of rotatable bonds is 2. The number of nitrogens with zero attached hydrogens (tertiary/aromatic N) is 1. The zero-order valence-electron chi connectivity index (χ0n) is 12.5. The average Bonchev–Trinajstić information content (AvgIpc) is 2.40. The van der Waals surface area contributed by atoms with Gasteiger partial charge in [0.15, 0.2) is 0 Å². The predicted octanol–water partition coefficient (Wildman–Crippen LogP) is 2.89. The van der Waals surface area contributed by atoms with E-state index in [2.05, 4.69) is 5.32 Å². The largest absolute Gasteiger partial charge is 0.366 e. The maximum atomic E-state index is 12.3. The number of carbonyl (C=O) groups excluding carboxylic acids is 2. The van der Waals surface area contributed by atoms with Crippen LogP contribution in [0.25, 0.3) is 0 Å². The Labute approximate surface area is 125 Å². The van der Waals surface area contributed by atoms with E-state index < -0.39 is 5.91 Å². The molecule has 5 heteroatoms. The van der Waals surface area contributed by atoms with Gasteiger partial charge in [-0.05, 0) is 43.5 Å². The molecular weight excluding hydrogens is 266 g/mol. The smallest absolute Gasteiger partial charge is 0.321 e. The summed E-state index contributed by atoms with van der Waals surface area (Å²) >= 11 is 0. The molecule has 1 aliphatic heterocycles. The molecule has 1 aromatic rings. The van der Waals surface area contributed by atoms with Gasteiger partial charge in [-0.1, -0.05) is 19.3 Å². The number of benzene rings is 1. The highest BCUT2D eigenvalue weighted by atomic mass is 16.2. The lowest BCUT2D eigenvalue weighted by Crippen LogP contribution is -2.37. The first-order valence-electron chi connectivity index (χ1n) is 7.54. The van der Waals surface area contributed by atoms with Crippen molar-refractivity contribution in [1.29, 1.82) is 0 Å². The van der Waals surface area contributed by atoms with Gasteiger partial charge in [-0.3, -0.25) is 4.79 Å². The van der Waals surface area contributed by atoms with E-state index in [1.807, 2.05) is 11.8 Å². The number of urea groups is 1. The Hall–Kier alpha value is -2.04. The Morgan fingerprint density at radius 2 is 1.71 bits per heavy atom. The van der Waals surface area contributed by atoms with Gasteiger partial charge in [0.1, 0.15) is 0 Å². The van der Waals surface area contributed by atoms with E-state index in [0.717, 1.165) is 37.2 Å². The number of nitrogens with two attached hydrogens (primary N) is 1. The summed E-state index contributed by atoms with van der Waals surface area (Å²) < 4.78 is 0. The number of likely N-dealkylation sites (tertiary alicyclic amines) is 1. The summed E-state index contributed by atoms with van der Waals surface area (Å²) in [6.45, 7) is 3.48. The Morgan fingerprint density at radius 1 is 1.10 bits per heavy atom. The maximum Gasteiger partial charge on any atom is 0.321 e. The van der Waals surface area contributed by atoms with Crippen LogP contribution in [0.1, 0.15) is 48.0 Å². The average molecular weight is 289 g/mol. The lowest BCUT2D eigenvalue weighted by atomic mass is 10.1. The van der Waals surface area contributed by atoms with Crippen LogP contribution < -0.4 is 11.1 Å². The van der Waals surface area contributed by atoms with Crippen LogP contribution in [-0.4, -0.2) is 29.9 Å². The van der Waals surface area contributed by atoms with Crippen molar-refractivity contribution >= 4 is 17.6 Å². The molecule has 0 aromatic heterocycles. The van der Waals surface area contributed by atoms with Crippen molar-refractivity contribution in [3.8, 4) is 0 Å². The summed E-state index contributed by atoms with van der Waals surface area (Å²) in [5.41, 5.74) is 7.27. The first kappa shape index (κ1) is 15.4. The van der Waals surface area contributed by atoms with E-state index >= 15 is 0 Å². The maximum absolute atomic E-state index is 12.3. The van der Waals surface area contributed by atoms with Crippen molar-refractivity contribution < 1.29 is 9.59 Å². The molecule has 2 rings (SSSR count). The molecule has 0 aliphatic carbocycles. The van der Waals surface area contributed by atoms with Gasteiger partial charge >= 0.3 is 6.03 Å². The van der Waals surface area contributed by atoms with Crippen LogP contribution in [0.5, 0.6) is 0 Å². The highest BCUT2D eigenvalue weighted by molar-refractivity contribution is 5.95. The molecule has 0 saturated carbocycles. The fourth-order valence-electron chi connectivity index (χ4n) is 2.60. The third kappa shape index (κ3) is 4.21. The number of primary amides is 1. The first-order chi connectivity index (χ1) is 10.1. The van der Waals surface area contributed by atoms with Gasteiger partial charge in [0.25, 0.3) is 0 Å². The quantitative estimate of drug-likeness (QED) is 0.878. The number of hydrogen-bond donors (Lipinski definition) is 2. The highest BCUT2D eigenvalue weighted by Crippen LogP contribution is 2.18. The molecule has 3 amide bonds. The zero-order chi connectivity index (χ0) is 15.2. The van der Waals surface area contributed by atoms with Crippen molar-refractivity contribution in [3.05, 3.63) is 29.3 Å². The minimum Gasteiger partial charge on any atom is -0.366 e. The molecule has 21 heavy (non-hydrogen) atoms. The summed E-state index contributed by atoms with van der Waals surface area (Å²) in [6.07, 6.45) is 5.77. The minimum atomic E-state index is -0.459. The predicted molar refractivity (Wildman–Crippen MR) is 83.4 cm³/mol. The van der Waals surface area contributed by atoms with Crippen LogP contribution in [0.2, 0.25) is 0 Å². The third-order valence-corrected chi connectivity index (χ3v) is 3.90. The molecule has 1 aromatic carbocycles. The molecule has 0 unspecified atom stereocenters. The van der Waals surface area contributed by atoms with Crippen molar-refractivity contribution in [2.24, 2.45) is 5.73 Å². The van der Waals surface area contributed by atoms with E-state index in [0.29, 0.717) is 5.56 Å². The zero-order valence-corrected chi connectivity index (χ0v) is 12.5. The fourth-order valence-corrected chi connectivity index (χ4v) is 2.60. The molecule has 0 atom stereocenters. The molecule has 114 valence electrons. The van der Waals surface area contributed by atoms with Crippen LogP contribution in [-0.2, 0) is 0 Å². The molecule has 3 N–H and O–H groups in total. The van der Waals surface area contributed by atoms with E-state index in [1.165, 1.54) is 19.3 Å². The molecule has 5 nitrogen and oxygen atoms in total. The fraction of sp³-hybridized carbons (Fsp3) is 0.500. The second-order valence-corrected chi connectivity index (χ2v) is 5.58. The summed E-state index contributed by atoms with van der Waals surface area (Å²) in [4.78, 5) is 25.3. The number of carbonyl (C=O) groups is 2. The number of hydrogen-bond acceptors (Lipinski definition) is 2. The lowest BCUT2D eigenvalue weighted by Gasteiger charge is -2.25. The topological polar surface area (TPSA) is 75.4 Å². The molecule has 1 aliphatic rings. The SMILES string of the molecule is Cc1cc(C(N)=O)ccc1NC(=O)N1CCCCCCC1. The Balaban J connectivity index is 2.02. The van der Waals surface area contributed by atoms with E-state index in [4.69, 9.17) is 5.73 Å². The van der Waals surface area contributed by atoms with Crippen molar-refractivity contribution in [3.63, 3.8) is 0 Å². The van der Waals surface area contributed by atoms with Crippen molar-refractivity contribution in [2.75, 3.05) is 18.4 Å². The van der Waals surface area contributed by atoms with Gasteiger partial charge in [0, 0.05) is 24.3 Å². The van der Waals surface area contributed by atoms with Gasteiger partial charge in [-0.15, -0.1) is 0 Å². The summed E-state index contributed by atoms with van der Waals surface area (Å²) in [5, 5.41) is 2.93. The van der Waals surface area contributed by atoms with Crippen LogP contribution in [0, 0.1) is 6.92 Å². The first-order valence-corrected chi connectivity index (χ1v) is 7.54. The second-order valence-electron chi connectivity index (χ2n) is 5.58. The van der Waals surface area contributed by atoms with Gasteiger partial charge < -0.3 is 16.0 Å². The number of nitrogens with one attached hydrogen (secondary N) is 1. The Bertz CT molecular complexity index is 520. The summed E-state index contributed by atoms with van der Waals surface area (Å²) in [5.74, 6) is -0.459. The molecule has 1 saturated heterocycles. The Morgan fingerprint density at radius 3 is 2.29 bits per heavy atom. The van der Waals surface area contributed by atoms with E-state index in [1.54, 1.807) is 18.2 Å². The van der Waals surface area contributed by atoms with Crippen LogP contribution in [0.15, 0.2) is 18.2 Å². The monoisotopic (exact) mass is 289 g/mol. The van der Waals surface area contributed by atoms with Crippen LogP contribution in [0.4, 0.5) is 10.5 Å². The molecule has 0 radical (unpaired) electrons. The second kappa shape index (κ2) is 7.11. The molecule has 1 heterocycles. The van der Waals surface area contributed by atoms with Gasteiger partial charge in [0.2, 0.25) is 5.91 Å². The minimum absolute atomic E-state index is 0.0631. The van der Waals surface area contributed by atoms with Crippen LogP contribution >= 0.6 is 0 Å². The molecule has 0 spiro atoms. The molecule has 0 bridgehead atoms.